The number of hydrogen-bond donors (Lipinski definition) is 0. The van der Waals surface area contributed by atoms with Crippen molar-refractivity contribution in [1.82, 2.24) is 15.0 Å². The fraction of sp³-hybridized carbons (Fsp3) is 0.333. The van der Waals surface area contributed by atoms with Crippen LogP contribution >= 0.6 is 0 Å². The van der Waals surface area contributed by atoms with Crippen molar-refractivity contribution in [3.05, 3.63) is 71.1 Å². The number of aromatic nitrogens is 2. The van der Waals surface area contributed by atoms with Gasteiger partial charge in [0, 0.05) is 13.0 Å². The molecule has 0 aliphatic carbocycles. The molecule has 0 aliphatic heterocycles. The third-order valence-corrected chi connectivity index (χ3v) is 4.40. The van der Waals surface area contributed by atoms with Gasteiger partial charge < -0.3 is 14.0 Å². The van der Waals surface area contributed by atoms with Crippen molar-refractivity contribution in [2.24, 2.45) is 0 Å². The van der Waals surface area contributed by atoms with Crippen molar-refractivity contribution in [2.45, 2.75) is 19.4 Å². The first-order valence-corrected chi connectivity index (χ1v) is 9.02. The van der Waals surface area contributed by atoms with Crippen LogP contribution in [0.4, 0.5) is 4.39 Å². The molecule has 148 valence electrons. The van der Waals surface area contributed by atoms with E-state index in [4.69, 9.17) is 14.0 Å². The van der Waals surface area contributed by atoms with Crippen molar-refractivity contribution in [3.8, 4) is 11.5 Å². The predicted octanol–water partition coefficient (Wildman–Crippen LogP) is 3.49. The lowest BCUT2D eigenvalue weighted by molar-refractivity contribution is 0.268. The number of rotatable bonds is 9. The van der Waals surface area contributed by atoms with Crippen LogP contribution in [0.1, 0.15) is 22.8 Å². The summed E-state index contributed by atoms with van der Waals surface area (Å²) in [6.07, 6.45) is 1.29. The third-order valence-electron chi connectivity index (χ3n) is 4.40. The van der Waals surface area contributed by atoms with E-state index in [0.29, 0.717) is 24.7 Å². The van der Waals surface area contributed by atoms with Crippen LogP contribution in [0.25, 0.3) is 0 Å². The highest BCUT2D eigenvalue weighted by atomic mass is 19.1. The van der Waals surface area contributed by atoms with E-state index in [1.54, 1.807) is 20.3 Å². The van der Waals surface area contributed by atoms with E-state index in [9.17, 15) is 4.39 Å². The second-order valence-electron chi connectivity index (χ2n) is 6.59. The molecule has 6 nitrogen and oxygen atoms in total. The molecule has 0 amide bonds. The maximum atomic E-state index is 13.3. The molecule has 1 aromatic heterocycles. The lowest BCUT2D eigenvalue weighted by atomic mass is 10.1. The summed E-state index contributed by atoms with van der Waals surface area (Å²) in [5.74, 6) is 2.27. The second-order valence-corrected chi connectivity index (χ2v) is 6.59. The van der Waals surface area contributed by atoms with Gasteiger partial charge in [0.15, 0.2) is 17.3 Å². The van der Waals surface area contributed by atoms with Gasteiger partial charge in [-0.15, -0.1) is 0 Å². The summed E-state index contributed by atoms with van der Waals surface area (Å²) < 4.78 is 29.2. The molecular weight excluding hydrogens is 361 g/mol. The van der Waals surface area contributed by atoms with E-state index in [-0.39, 0.29) is 5.82 Å². The van der Waals surface area contributed by atoms with Crippen LogP contribution in [0.15, 0.2) is 47.0 Å². The molecule has 3 rings (SSSR count). The van der Waals surface area contributed by atoms with Crippen molar-refractivity contribution in [3.63, 3.8) is 0 Å². The molecule has 0 spiro atoms. The first kappa shape index (κ1) is 19.8. The molecule has 0 unspecified atom stereocenters. The Bertz CT molecular complexity index is 913. The van der Waals surface area contributed by atoms with Crippen LogP contribution < -0.4 is 9.47 Å². The Morgan fingerprint density at radius 3 is 2.61 bits per heavy atom. The van der Waals surface area contributed by atoms with Gasteiger partial charge in [0.1, 0.15) is 5.82 Å². The summed E-state index contributed by atoms with van der Waals surface area (Å²) in [5.41, 5.74) is 1.97. The Labute approximate surface area is 163 Å². The number of ether oxygens (including phenoxy) is 2. The van der Waals surface area contributed by atoms with E-state index in [1.165, 1.54) is 12.1 Å². The van der Waals surface area contributed by atoms with Gasteiger partial charge in [0.2, 0.25) is 5.89 Å². The van der Waals surface area contributed by atoms with Gasteiger partial charge in [0.25, 0.3) is 0 Å². The monoisotopic (exact) mass is 385 g/mol. The van der Waals surface area contributed by atoms with Gasteiger partial charge in [-0.25, -0.2) is 4.39 Å². The number of hydrogen-bond acceptors (Lipinski definition) is 6. The van der Waals surface area contributed by atoms with Crippen molar-refractivity contribution >= 4 is 0 Å². The van der Waals surface area contributed by atoms with Crippen LogP contribution in [-0.2, 0) is 19.4 Å². The molecule has 3 aromatic rings. The smallest absolute Gasteiger partial charge is 0.240 e. The zero-order chi connectivity index (χ0) is 19.9. The molecule has 28 heavy (non-hydrogen) atoms. The quantitative estimate of drug-likeness (QED) is 0.562. The van der Waals surface area contributed by atoms with Crippen LogP contribution in [0.3, 0.4) is 0 Å². The van der Waals surface area contributed by atoms with Gasteiger partial charge in [0.05, 0.1) is 20.8 Å². The number of benzene rings is 2. The first-order chi connectivity index (χ1) is 13.6. The zero-order valence-corrected chi connectivity index (χ0v) is 16.3. The van der Waals surface area contributed by atoms with Crippen LogP contribution in [0, 0.1) is 5.82 Å². The minimum atomic E-state index is -0.267. The Hall–Kier alpha value is -2.93. The number of halogens is 1. The van der Waals surface area contributed by atoms with Crippen LogP contribution in [0.2, 0.25) is 0 Å². The molecule has 0 bridgehead atoms. The summed E-state index contributed by atoms with van der Waals surface area (Å²) in [6.45, 7) is 1.36. The normalized spacial score (nSPS) is 11.0. The summed E-state index contributed by atoms with van der Waals surface area (Å²) in [5, 5.41) is 3.99. The van der Waals surface area contributed by atoms with Gasteiger partial charge in [-0.1, -0.05) is 23.4 Å². The van der Waals surface area contributed by atoms with Gasteiger partial charge in [-0.2, -0.15) is 4.98 Å². The van der Waals surface area contributed by atoms with E-state index >= 15 is 0 Å². The first-order valence-electron chi connectivity index (χ1n) is 9.02. The molecule has 0 radical (unpaired) electrons. The predicted molar refractivity (Wildman–Crippen MR) is 103 cm³/mol. The fourth-order valence-corrected chi connectivity index (χ4v) is 2.92. The molecule has 7 heteroatoms. The molecule has 0 saturated carbocycles. The molecular formula is C21H24FN3O3. The summed E-state index contributed by atoms with van der Waals surface area (Å²) in [7, 11) is 5.25. The van der Waals surface area contributed by atoms with E-state index in [0.717, 1.165) is 35.6 Å². The lowest BCUT2D eigenvalue weighted by Gasteiger charge is -2.15. The molecule has 0 saturated heterocycles. The third kappa shape index (κ3) is 5.29. The van der Waals surface area contributed by atoms with Crippen LogP contribution in [-0.4, -0.2) is 42.9 Å². The molecule has 0 fully saturated rings. The Balaban J connectivity index is 1.52. The zero-order valence-electron chi connectivity index (χ0n) is 16.3. The van der Waals surface area contributed by atoms with E-state index in [1.807, 2.05) is 31.3 Å². The summed E-state index contributed by atoms with van der Waals surface area (Å²) in [6, 6.07) is 12.3. The van der Waals surface area contributed by atoms with Crippen molar-refractivity contribution in [2.75, 3.05) is 27.8 Å². The average molecular weight is 385 g/mol. The maximum absolute atomic E-state index is 13.3. The van der Waals surface area contributed by atoms with Gasteiger partial charge in [-0.05, 0) is 48.9 Å². The lowest BCUT2D eigenvalue weighted by Crippen LogP contribution is -2.21. The molecule has 0 aliphatic rings. The second kappa shape index (κ2) is 9.32. The minimum Gasteiger partial charge on any atom is -0.493 e. The van der Waals surface area contributed by atoms with Gasteiger partial charge in [-0.3, -0.25) is 4.90 Å². The number of nitrogens with zero attached hydrogens (tertiary/aromatic N) is 3. The summed E-state index contributed by atoms with van der Waals surface area (Å²) >= 11 is 0. The van der Waals surface area contributed by atoms with Crippen LogP contribution in [0.5, 0.6) is 11.5 Å². The summed E-state index contributed by atoms with van der Waals surface area (Å²) in [4.78, 5) is 6.51. The number of methoxy groups -OCH3 is 2. The Morgan fingerprint density at radius 1 is 1.04 bits per heavy atom. The van der Waals surface area contributed by atoms with Crippen molar-refractivity contribution < 1.29 is 18.4 Å². The highest BCUT2D eigenvalue weighted by Crippen LogP contribution is 2.27. The average Bonchev–Trinajstić information content (AvgIpc) is 3.12. The van der Waals surface area contributed by atoms with E-state index < -0.39 is 0 Å². The minimum absolute atomic E-state index is 0.267. The molecule has 0 N–H and O–H groups in total. The molecule has 2 aromatic carbocycles. The fourth-order valence-electron chi connectivity index (χ4n) is 2.92. The SMILES string of the molecule is COc1ccc(CCN(C)Cc2nc(Cc3cccc(F)c3)no2)cc1OC. The molecule has 1 heterocycles. The maximum Gasteiger partial charge on any atom is 0.240 e. The number of likely N-dealkylation sites (N-methyl/N-ethyl adjacent to an activating group) is 1. The van der Waals surface area contributed by atoms with E-state index in [2.05, 4.69) is 15.0 Å². The largest absolute Gasteiger partial charge is 0.493 e. The Kier molecular flexibility index (Phi) is 6.60. The van der Waals surface area contributed by atoms with Gasteiger partial charge >= 0.3 is 0 Å². The standard InChI is InChI=1S/C21H24FN3O3/c1-25(10-9-15-7-8-18(26-2)19(12-15)27-3)14-21-23-20(24-28-21)13-16-5-4-6-17(22)11-16/h4-8,11-12H,9-10,13-14H2,1-3H3. The van der Waals surface area contributed by atoms with Crippen molar-refractivity contribution in [1.29, 1.82) is 0 Å². The molecule has 0 atom stereocenters. The highest BCUT2D eigenvalue weighted by Gasteiger charge is 2.11. The Morgan fingerprint density at radius 2 is 1.86 bits per heavy atom. The topological polar surface area (TPSA) is 60.6 Å². The highest BCUT2D eigenvalue weighted by molar-refractivity contribution is 5.42.